The molecule has 6 heteroatoms. The number of nitrogen functional groups attached to an aromatic ring is 1. The number of hydrogen-bond donors (Lipinski definition) is 2. The number of carbonyl (C=O) groups is 2. The Morgan fingerprint density at radius 2 is 2.10 bits per heavy atom. The number of nitrogens with one attached hydrogen (secondary N) is 1. The van der Waals surface area contributed by atoms with Crippen LogP contribution in [0.25, 0.3) is 0 Å². The second-order valence-electron chi connectivity index (χ2n) is 4.35. The molecule has 1 aromatic carbocycles. The van der Waals surface area contributed by atoms with Gasteiger partial charge in [0.2, 0.25) is 5.91 Å². The van der Waals surface area contributed by atoms with Crippen molar-refractivity contribution in [1.82, 2.24) is 10.2 Å². The lowest BCUT2D eigenvalue weighted by molar-refractivity contribution is -0.121. The van der Waals surface area contributed by atoms with Crippen molar-refractivity contribution in [2.75, 3.05) is 33.0 Å². The van der Waals surface area contributed by atoms with Crippen LogP contribution >= 0.6 is 0 Å². The molecule has 0 atom stereocenters. The summed E-state index contributed by atoms with van der Waals surface area (Å²) in [7, 11) is 3.06. The summed E-state index contributed by atoms with van der Waals surface area (Å²) in [6.45, 7) is 2.45. The molecule has 2 amide bonds. The molecule has 110 valence electrons. The Hall–Kier alpha value is -2.24. The minimum absolute atomic E-state index is 0.0137. The van der Waals surface area contributed by atoms with Gasteiger partial charge < -0.3 is 20.7 Å². The summed E-state index contributed by atoms with van der Waals surface area (Å²) in [5.41, 5.74) is 6.56. The fourth-order valence-corrected chi connectivity index (χ4v) is 1.79. The van der Waals surface area contributed by atoms with Gasteiger partial charge in [0.1, 0.15) is 5.75 Å². The van der Waals surface area contributed by atoms with Crippen LogP contribution in [0, 0.1) is 0 Å². The summed E-state index contributed by atoms with van der Waals surface area (Å²) in [6, 6.07) is 4.90. The van der Waals surface area contributed by atoms with Gasteiger partial charge in [-0.1, -0.05) is 6.92 Å². The average Bonchev–Trinajstić information content (AvgIpc) is 2.46. The molecule has 0 bridgehead atoms. The Balaban J connectivity index is 3.01. The van der Waals surface area contributed by atoms with Crippen LogP contribution in [0.15, 0.2) is 18.2 Å². The Morgan fingerprint density at radius 3 is 2.65 bits per heavy atom. The molecule has 0 spiro atoms. The molecule has 1 aromatic rings. The molecule has 20 heavy (non-hydrogen) atoms. The zero-order valence-corrected chi connectivity index (χ0v) is 12.1. The largest absolute Gasteiger partial charge is 0.497 e. The molecule has 0 fully saturated rings. The summed E-state index contributed by atoms with van der Waals surface area (Å²) in [5, 5.41) is 2.51. The highest BCUT2D eigenvalue weighted by atomic mass is 16.5. The van der Waals surface area contributed by atoms with E-state index in [-0.39, 0.29) is 18.4 Å². The Morgan fingerprint density at radius 1 is 1.40 bits per heavy atom. The number of nitrogens with zero attached hydrogens (tertiary/aromatic N) is 1. The van der Waals surface area contributed by atoms with E-state index in [9.17, 15) is 9.59 Å². The molecule has 0 aromatic heterocycles. The molecule has 1 rings (SSSR count). The zero-order chi connectivity index (χ0) is 15.1. The Bertz CT molecular complexity index is 489. The number of benzene rings is 1. The van der Waals surface area contributed by atoms with Crippen molar-refractivity contribution in [3.8, 4) is 5.75 Å². The topological polar surface area (TPSA) is 84.7 Å². The van der Waals surface area contributed by atoms with Crippen molar-refractivity contribution in [3.05, 3.63) is 23.8 Å². The van der Waals surface area contributed by atoms with Gasteiger partial charge in [0.15, 0.2) is 0 Å². The third-order valence-corrected chi connectivity index (χ3v) is 2.88. The smallest absolute Gasteiger partial charge is 0.256 e. The fraction of sp³-hybridized carbons (Fsp3) is 0.429. The van der Waals surface area contributed by atoms with E-state index in [0.717, 1.165) is 6.42 Å². The maximum atomic E-state index is 12.5. The van der Waals surface area contributed by atoms with Crippen LogP contribution in [-0.4, -0.2) is 44.0 Å². The molecule has 0 saturated carbocycles. The normalized spacial score (nSPS) is 9.95. The first-order valence-corrected chi connectivity index (χ1v) is 6.46. The number of methoxy groups -OCH3 is 1. The second-order valence-corrected chi connectivity index (χ2v) is 4.35. The van der Waals surface area contributed by atoms with Crippen molar-refractivity contribution in [3.63, 3.8) is 0 Å². The monoisotopic (exact) mass is 279 g/mol. The van der Waals surface area contributed by atoms with Gasteiger partial charge in [-0.15, -0.1) is 0 Å². The molecular formula is C14H21N3O3. The van der Waals surface area contributed by atoms with Crippen molar-refractivity contribution >= 4 is 17.5 Å². The first-order valence-electron chi connectivity index (χ1n) is 6.46. The van der Waals surface area contributed by atoms with Crippen LogP contribution in [0.1, 0.15) is 23.7 Å². The maximum absolute atomic E-state index is 12.5. The van der Waals surface area contributed by atoms with Crippen molar-refractivity contribution in [2.45, 2.75) is 13.3 Å². The zero-order valence-electron chi connectivity index (χ0n) is 12.1. The molecule has 0 unspecified atom stereocenters. The van der Waals surface area contributed by atoms with Gasteiger partial charge in [0, 0.05) is 19.3 Å². The summed E-state index contributed by atoms with van der Waals surface area (Å²) in [5.74, 6) is 0.0686. The average molecular weight is 279 g/mol. The maximum Gasteiger partial charge on any atom is 0.256 e. The number of ether oxygens (including phenoxy) is 1. The van der Waals surface area contributed by atoms with Crippen LogP contribution in [0.5, 0.6) is 5.75 Å². The van der Waals surface area contributed by atoms with Crippen LogP contribution in [-0.2, 0) is 4.79 Å². The van der Waals surface area contributed by atoms with Crippen molar-refractivity contribution < 1.29 is 14.3 Å². The number of likely N-dealkylation sites (N-methyl/N-ethyl adjacent to an activating group) is 1. The van der Waals surface area contributed by atoms with E-state index < -0.39 is 0 Å². The summed E-state index contributed by atoms with van der Waals surface area (Å²) < 4.78 is 5.10. The molecule has 0 aliphatic rings. The lowest BCUT2D eigenvalue weighted by Crippen LogP contribution is -2.40. The predicted molar refractivity (Wildman–Crippen MR) is 77.7 cm³/mol. The van der Waals surface area contributed by atoms with Gasteiger partial charge in [-0.25, -0.2) is 0 Å². The minimum atomic E-state index is -0.271. The predicted octanol–water partition coefficient (Wildman–Crippen LogP) is 0.876. The summed E-state index contributed by atoms with van der Waals surface area (Å²) >= 11 is 0. The highest BCUT2D eigenvalue weighted by Gasteiger charge is 2.20. The van der Waals surface area contributed by atoms with E-state index in [1.807, 2.05) is 6.92 Å². The number of carbonyl (C=O) groups excluding carboxylic acids is 2. The number of nitrogens with two attached hydrogens (primary N) is 1. The molecule has 0 heterocycles. The van der Waals surface area contributed by atoms with Crippen molar-refractivity contribution in [2.24, 2.45) is 0 Å². The number of hydrogen-bond acceptors (Lipinski definition) is 4. The van der Waals surface area contributed by atoms with E-state index >= 15 is 0 Å². The van der Waals surface area contributed by atoms with Crippen LogP contribution < -0.4 is 15.8 Å². The third kappa shape index (κ3) is 3.88. The summed E-state index contributed by atoms with van der Waals surface area (Å²) in [4.78, 5) is 25.4. The van der Waals surface area contributed by atoms with Gasteiger partial charge in [-0.05, 0) is 24.6 Å². The van der Waals surface area contributed by atoms with E-state index in [1.165, 1.54) is 19.1 Å². The molecule has 3 N–H and O–H groups in total. The van der Waals surface area contributed by atoms with Gasteiger partial charge in [0.05, 0.1) is 19.2 Å². The van der Waals surface area contributed by atoms with Gasteiger partial charge in [-0.2, -0.15) is 0 Å². The molecule has 0 aliphatic heterocycles. The Labute approximate surface area is 118 Å². The molecule has 0 saturated heterocycles. The Kier molecular flexibility index (Phi) is 5.83. The quantitative estimate of drug-likeness (QED) is 0.757. The molecular weight excluding hydrogens is 258 g/mol. The lowest BCUT2D eigenvalue weighted by atomic mass is 10.1. The third-order valence-electron chi connectivity index (χ3n) is 2.88. The first kappa shape index (κ1) is 15.8. The number of anilines is 1. The number of amides is 2. The fourth-order valence-electron chi connectivity index (χ4n) is 1.79. The molecule has 6 nitrogen and oxygen atoms in total. The first-order chi connectivity index (χ1) is 9.53. The van der Waals surface area contributed by atoms with Crippen molar-refractivity contribution in [1.29, 1.82) is 0 Å². The van der Waals surface area contributed by atoms with Gasteiger partial charge >= 0.3 is 0 Å². The SMILES string of the molecule is CCCN(CC(=O)NC)C(=O)c1cc(OC)ccc1N. The highest BCUT2D eigenvalue weighted by molar-refractivity contribution is 6.01. The van der Waals surface area contributed by atoms with Crippen LogP contribution in [0.4, 0.5) is 5.69 Å². The number of rotatable bonds is 6. The van der Waals surface area contributed by atoms with Crippen LogP contribution in [0.3, 0.4) is 0 Å². The summed E-state index contributed by atoms with van der Waals surface area (Å²) in [6.07, 6.45) is 0.757. The van der Waals surface area contributed by atoms with E-state index in [0.29, 0.717) is 23.5 Å². The molecule has 0 radical (unpaired) electrons. The second kappa shape index (κ2) is 7.37. The standard InChI is InChI=1S/C14H21N3O3/c1-4-7-17(9-13(18)16-2)14(19)11-8-10(20-3)5-6-12(11)15/h5-6,8H,4,7,9,15H2,1-3H3,(H,16,18). The lowest BCUT2D eigenvalue weighted by Gasteiger charge is -2.22. The van der Waals surface area contributed by atoms with Crippen LogP contribution in [0.2, 0.25) is 0 Å². The molecule has 0 aliphatic carbocycles. The minimum Gasteiger partial charge on any atom is -0.497 e. The van der Waals surface area contributed by atoms with Gasteiger partial charge in [-0.3, -0.25) is 9.59 Å². The van der Waals surface area contributed by atoms with E-state index in [2.05, 4.69) is 5.32 Å². The highest BCUT2D eigenvalue weighted by Crippen LogP contribution is 2.21. The van der Waals surface area contributed by atoms with E-state index in [1.54, 1.807) is 18.2 Å². The van der Waals surface area contributed by atoms with Gasteiger partial charge in [0.25, 0.3) is 5.91 Å². The van der Waals surface area contributed by atoms with E-state index in [4.69, 9.17) is 10.5 Å².